The Morgan fingerprint density at radius 2 is 2.24 bits per heavy atom. The zero-order valence-electron chi connectivity index (χ0n) is 9.33. The topological polar surface area (TPSA) is 41.6 Å². The summed E-state index contributed by atoms with van der Waals surface area (Å²) in [6, 6.07) is 3.03. The van der Waals surface area contributed by atoms with Gasteiger partial charge in [0.2, 0.25) is 0 Å². The molecule has 1 saturated carbocycles. The van der Waals surface area contributed by atoms with Crippen molar-refractivity contribution in [3.63, 3.8) is 0 Å². The molecule has 1 aromatic rings. The zero-order valence-corrected chi connectivity index (χ0v) is 9.33. The predicted octanol–water partition coefficient (Wildman–Crippen LogP) is 2.94. The van der Waals surface area contributed by atoms with Crippen LogP contribution in [0, 0.1) is 17.2 Å². The highest BCUT2D eigenvalue weighted by atomic mass is 19.4. The fourth-order valence-electron chi connectivity index (χ4n) is 1.68. The van der Waals surface area contributed by atoms with Gasteiger partial charge in [0.1, 0.15) is 5.69 Å². The minimum atomic E-state index is -4.41. The average molecular weight is 243 g/mol. The number of nitriles is 1. The molecular weight excluding hydrogens is 231 g/mol. The molecule has 1 fully saturated rings. The van der Waals surface area contributed by atoms with Crippen LogP contribution >= 0.6 is 0 Å². The second-order valence-electron chi connectivity index (χ2n) is 4.44. The van der Waals surface area contributed by atoms with Crippen LogP contribution in [0.2, 0.25) is 0 Å². The number of rotatable bonds is 3. The van der Waals surface area contributed by atoms with Gasteiger partial charge in [-0.3, -0.25) is 4.68 Å². The third-order valence-electron chi connectivity index (χ3n) is 2.75. The van der Waals surface area contributed by atoms with Crippen LogP contribution in [0.3, 0.4) is 0 Å². The fraction of sp³-hybridized carbons (Fsp3) is 0.636. The first-order valence-corrected chi connectivity index (χ1v) is 5.46. The first kappa shape index (κ1) is 12.0. The van der Waals surface area contributed by atoms with Crippen molar-refractivity contribution in [2.75, 3.05) is 0 Å². The molecule has 0 radical (unpaired) electrons. The van der Waals surface area contributed by atoms with Gasteiger partial charge in [0.05, 0.1) is 24.2 Å². The van der Waals surface area contributed by atoms with E-state index in [1.54, 1.807) is 6.92 Å². The Kier molecular flexibility index (Phi) is 2.86. The summed E-state index contributed by atoms with van der Waals surface area (Å²) in [6.45, 7) is 1.57. The molecule has 17 heavy (non-hydrogen) atoms. The molecule has 2 rings (SSSR count). The lowest BCUT2D eigenvalue weighted by Gasteiger charge is -2.10. The van der Waals surface area contributed by atoms with Crippen molar-refractivity contribution >= 4 is 0 Å². The Morgan fingerprint density at radius 3 is 2.71 bits per heavy atom. The van der Waals surface area contributed by atoms with Crippen molar-refractivity contribution in [1.82, 2.24) is 9.78 Å². The summed E-state index contributed by atoms with van der Waals surface area (Å²) in [4.78, 5) is 0. The van der Waals surface area contributed by atoms with E-state index in [0.29, 0.717) is 5.69 Å². The van der Waals surface area contributed by atoms with Crippen LogP contribution in [0.4, 0.5) is 13.2 Å². The SMILES string of the molecule is C[C@@H](C#N)Cn1nc(C2CC2)cc1C(F)(F)F. The van der Waals surface area contributed by atoms with Crippen LogP contribution in [-0.4, -0.2) is 9.78 Å². The summed E-state index contributed by atoms with van der Waals surface area (Å²) in [5.74, 6) is -0.308. The van der Waals surface area contributed by atoms with Crippen molar-refractivity contribution in [2.24, 2.45) is 5.92 Å². The molecule has 0 saturated heterocycles. The van der Waals surface area contributed by atoms with Gasteiger partial charge in [0, 0.05) is 5.92 Å². The summed E-state index contributed by atoms with van der Waals surface area (Å²) in [5.41, 5.74) is -0.246. The highest BCUT2D eigenvalue weighted by molar-refractivity contribution is 5.20. The normalized spacial score (nSPS) is 17.8. The molecule has 0 bridgehead atoms. The van der Waals surface area contributed by atoms with Gasteiger partial charge in [0.15, 0.2) is 0 Å². The summed E-state index contributed by atoms with van der Waals surface area (Å²) >= 11 is 0. The van der Waals surface area contributed by atoms with E-state index < -0.39 is 17.8 Å². The van der Waals surface area contributed by atoms with E-state index in [4.69, 9.17) is 5.26 Å². The summed E-state index contributed by atoms with van der Waals surface area (Å²) in [5, 5.41) is 12.6. The van der Waals surface area contributed by atoms with Crippen molar-refractivity contribution in [3.8, 4) is 6.07 Å². The predicted molar refractivity (Wildman–Crippen MR) is 54.0 cm³/mol. The lowest BCUT2D eigenvalue weighted by atomic mass is 10.2. The van der Waals surface area contributed by atoms with Gasteiger partial charge >= 0.3 is 6.18 Å². The van der Waals surface area contributed by atoms with Gasteiger partial charge in [-0.05, 0) is 25.8 Å². The highest BCUT2D eigenvalue weighted by Gasteiger charge is 2.38. The molecule has 1 heterocycles. The molecule has 92 valence electrons. The molecule has 1 aliphatic rings. The fourth-order valence-corrected chi connectivity index (χ4v) is 1.68. The Bertz CT molecular complexity index is 452. The summed E-state index contributed by atoms with van der Waals surface area (Å²) < 4.78 is 39.2. The number of nitrogens with zero attached hydrogens (tertiary/aromatic N) is 3. The third-order valence-corrected chi connectivity index (χ3v) is 2.75. The molecule has 1 aliphatic carbocycles. The number of aromatic nitrogens is 2. The van der Waals surface area contributed by atoms with Gasteiger partial charge in [-0.15, -0.1) is 0 Å². The van der Waals surface area contributed by atoms with E-state index in [1.807, 2.05) is 6.07 Å². The second-order valence-corrected chi connectivity index (χ2v) is 4.44. The molecule has 0 unspecified atom stereocenters. The Balaban J connectivity index is 2.31. The molecular formula is C11H12F3N3. The molecule has 0 aliphatic heterocycles. The summed E-state index contributed by atoms with van der Waals surface area (Å²) in [6.07, 6.45) is -2.60. The molecule has 6 heteroatoms. The van der Waals surface area contributed by atoms with E-state index in [9.17, 15) is 13.2 Å². The largest absolute Gasteiger partial charge is 0.433 e. The van der Waals surface area contributed by atoms with Crippen LogP contribution in [-0.2, 0) is 12.7 Å². The van der Waals surface area contributed by atoms with Crippen LogP contribution in [0.25, 0.3) is 0 Å². The minimum Gasteiger partial charge on any atom is -0.259 e. The first-order chi connectivity index (χ1) is 7.91. The lowest BCUT2D eigenvalue weighted by molar-refractivity contribution is -0.144. The number of hydrogen-bond donors (Lipinski definition) is 0. The van der Waals surface area contributed by atoms with Crippen molar-refractivity contribution < 1.29 is 13.2 Å². The Hall–Kier alpha value is -1.51. The van der Waals surface area contributed by atoms with Crippen LogP contribution in [0.1, 0.15) is 37.1 Å². The Labute approximate surface area is 96.8 Å². The summed E-state index contributed by atoms with van der Waals surface area (Å²) in [7, 11) is 0. The van der Waals surface area contributed by atoms with E-state index in [-0.39, 0.29) is 12.5 Å². The van der Waals surface area contributed by atoms with E-state index >= 15 is 0 Å². The average Bonchev–Trinajstić information content (AvgIpc) is 2.99. The van der Waals surface area contributed by atoms with E-state index in [0.717, 1.165) is 23.6 Å². The molecule has 0 N–H and O–H groups in total. The number of hydrogen-bond acceptors (Lipinski definition) is 2. The van der Waals surface area contributed by atoms with Gasteiger partial charge in [0.25, 0.3) is 0 Å². The van der Waals surface area contributed by atoms with Gasteiger partial charge < -0.3 is 0 Å². The molecule has 0 spiro atoms. The maximum absolute atomic E-state index is 12.8. The highest BCUT2D eigenvalue weighted by Crippen LogP contribution is 2.41. The standard InChI is InChI=1S/C11H12F3N3/c1-7(5-15)6-17-10(11(12,13)14)4-9(16-17)8-2-3-8/h4,7-8H,2-3,6H2,1H3/t7-/m0/s1. The van der Waals surface area contributed by atoms with Crippen LogP contribution < -0.4 is 0 Å². The third kappa shape index (κ3) is 2.60. The monoisotopic (exact) mass is 243 g/mol. The van der Waals surface area contributed by atoms with Crippen LogP contribution in [0.15, 0.2) is 6.07 Å². The number of alkyl halides is 3. The maximum atomic E-state index is 12.8. The smallest absolute Gasteiger partial charge is 0.259 e. The quantitative estimate of drug-likeness (QED) is 0.819. The molecule has 1 aromatic heterocycles. The minimum absolute atomic E-state index is 0.0158. The maximum Gasteiger partial charge on any atom is 0.433 e. The van der Waals surface area contributed by atoms with Gasteiger partial charge in [-0.1, -0.05) is 0 Å². The zero-order chi connectivity index (χ0) is 12.6. The van der Waals surface area contributed by atoms with Gasteiger partial charge in [-0.2, -0.15) is 23.5 Å². The molecule has 3 nitrogen and oxygen atoms in total. The first-order valence-electron chi connectivity index (χ1n) is 5.46. The number of halogens is 3. The molecule has 1 atom stereocenters. The lowest BCUT2D eigenvalue weighted by Crippen LogP contribution is -2.17. The van der Waals surface area contributed by atoms with E-state index in [2.05, 4.69) is 5.10 Å². The van der Waals surface area contributed by atoms with E-state index in [1.165, 1.54) is 0 Å². The van der Waals surface area contributed by atoms with Crippen molar-refractivity contribution in [2.45, 2.75) is 38.4 Å². The van der Waals surface area contributed by atoms with Crippen molar-refractivity contribution in [1.29, 1.82) is 5.26 Å². The van der Waals surface area contributed by atoms with Gasteiger partial charge in [-0.25, -0.2) is 0 Å². The Morgan fingerprint density at radius 1 is 1.59 bits per heavy atom. The second kappa shape index (κ2) is 4.06. The van der Waals surface area contributed by atoms with Crippen LogP contribution in [0.5, 0.6) is 0 Å². The molecule has 0 aromatic carbocycles. The van der Waals surface area contributed by atoms with Crippen molar-refractivity contribution in [3.05, 3.63) is 17.5 Å². The molecule has 0 amide bonds.